The largest absolute Gasteiger partial charge is 0.462 e. The zero-order valence-electron chi connectivity index (χ0n) is 12.5. The molecule has 4 heteroatoms. The van der Waals surface area contributed by atoms with E-state index in [0.29, 0.717) is 29.9 Å². The normalized spacial score (nSPS) is 29.6. The van der Waals surface area contributed by atoms with E-state index in [-0.39, 0.29) is 17.8 Å². The number of nitrogens with one attached hydrogen (secondary N) is 1. The van der Waals surface area contributed by atoms with Gasteiger partial charge in [0.15, 0.2) is 0 Å². The maximum Gasteiger partial charge on any atom is 0.338 e. The Hall–Kier alpha value is -1.84. The van der Waals surface area contributed by atoms with Crippen molar-refractivity contribution in [3.63, 3.8) is 0 Å². The number of hydrogen-bond donors (Lipinski definition) is 1. The predicted octanol–water partition coefficient (Wildman–Crippen LogP) is 3.09. The van der Waals surface area contributed by atoms with Gasteiger partial charge in [0.2, 0.25) is 5.91 Å². The van der Waals surface area contributed by atoms with Crippen molar-refractivity contribution in [2.45, 2.75) is 26.7 Å². The summed E-state index contributed by atoms with van der Waals surface area (Å²) in [6, 6.07) is 6.90. The Kier molecular flexibility index (Phi) is 3.70. The van der Waals surface area contributed by atoms with Crippen molar-refractivity contribution in [2.75, 3.05) is 11.9 Å². The molecule has 0 radical (unpaired) electrons. The summed E-state index contributed by atoms with van der Waals surface area (Å²) < 4.78 is 5.28. The van der Waals surface area contributed by atoms with Gasteiger partial charge in [-0.2, -0.15) is 0 Å². The minimum absolute atomic E-state index is 0.0700. The van der Waals surface area contributed by atoms with Crippen LogP contribution in [0.4, 0.5) is 5.69 Å². The van der Waals surface area contributed by atoms with E-state index < -0.39 is 0 Å². The van der Waals surface area contributed by atoms with Gasteiger partial charge in [-0.3, -0.25) is 4.79 Å². The third kappa shape index (κ3) is 3.43. The Labute approximate surface area is 124 Å². The summed E-state index contributed by atoms with van der Waals surface area (Å²) in [5.41, 5.74) is 1.26. The third-order valence-electron chi connectivity index (χ3n) is 4.54. The molecule has 112 valence electrons. The highest BCUT2D eigenvalue weighted by Gasteiger charge is 2.39. The van der Waals surface area contributed by atoms with Gasteiger partial charge < -0.3 is 10.1 Å². The highest BCUT2D eigenvalue weighted by Crippen LogP contribution is 2.38. The van der Waals surface area contributed by atoms with Gasteiger partial charge >= 0.3 is 5.97 Å². The van der Waals surface area contributed by atoms with Crippen LogP contribution in [0, 0.1) is 23.7 Å². The fourth-order valence-corrected chi connectivity index (χ4v) is 2.51. The van der Waals surface area contributed by atoms with Crippen molar-refractivity contribution in [3.8, 4) is 0 Å². The number of hydrogen-bond acceptors (Lipinski definition) is 3. The Morgan fingerprint density at radius 2 is 1.76 bits per heavy atom. The monoisotopic (exact) mass is 287 g/mol. The lowest BCUT2D eigenvalue weighted by Gasteiger charge is -2.07. The van der Waals surface area contributed by atoms with E-state index in [1.165, 1.54) is 0 Å². The standard InChI is InChI=1S/C17H21NO3/c1-10-7-13(10)9-21-17(20)12-3-5-14(6-4-12)18-16(19)15-8-11(15)2/h3-6,10-11,13,15H,7-9H2,1-2H3,(H,18,19). The van der Waals surface area contributed by atoms with Crippen LogP contribution in [0.15, 0.2) is 24.3 Å². The van der Waals surface area contributed by atoms with Gasteiger partial charge in [-0.1, -0.05) is 13.8 Å². The van der Waals surface area contributed by atoms with E-state index >= 15 is 0 Å². The molecule has 21 heavy (non-hydrogen) atoms. The molecule has 0 heterocycles. The molecule has 1 amide bonds. The second-order valence-corrected chi connectivity index (χ2v) is 6.46. The first-order chi connectivity index (χ1) is 10.0. The third-order valence-corrected chi connectivity index (χ3v) is 4.54. The SMILES string of the molecule is CC1CC1COC(=O)c1ccc(NC(=O)C2CC2C)cc1. The maximum absolute atomic E-state index is 11.9. The van der Waals surface area contributed by atoms with Crippen molar-refractivity contribution in [1.29, 1.82) is 0 Å². The van der Waals surface area contributed by atoms with Gasteiger partial charge in [-0.25, -0.2) is 4.79 Å². The molecular weight excluding hydrogens is 266 g/mol. The minimum Gasteiger partial charge on any atom is -0.462 e. The lowest BCUT2D eigenvalue weighted by atomic mass is 10.2. The molecule has 4 nitrogen and oxygen atoms in total. The van der Waals surface area contributed by atoms with Crippen LogP contribution in [0.25, 0.3) is 0 Å². The molecule has 1 N–H and O–H groups in total. The number of esters is 1. The summed E-state index contributed by atoms with van der Waals surface area (Å²) in [7, 11) is 0. The molecule has 0 bridgehead atoms. The molecule has 0 spiro atoms. The number of carbonyl (C=O) groups excluding carboxylic acids is 2. The highest BCUT2D eigenvalue weighted by atomic mass is 16.5. The number of rotatable bonds is 5. The van der Waals surface area contributed by atoms with Gasteiger partial charge in [0, 0.05) is 11.6 Å². The molecule has 0 aliphatic heterocycles. The lowest BCUT2D eigenvalue weighted by Crippen LogP contribution is -2.14. The molecule has 2 saturated carbocycles. The predicted molar refractivity (Wildman–Crippen MR) is 79.9 cm³/mol. The first kappa shape index (κ1) is 14.1. The average molecular weight is 287 g/mol. The molecule has 0 saturated heterocycles. The van der Waals surface area contributed by atoms with Gasteiger partial charge in [-0.15, -0.1) is 0 Å². The Balaban J connectivity index is 1.51. The van der Waals surface area contributed by atoms with Crippen LogP contribution < -0.4 is 5.32 Å². The maximum atomic E-state index is 11.9. The summed E-state index contributed by atoms with van der Waals surface area (Å²) in [4.78, 5) is 23.7. The summed E-state index contributed by atoms with van der Waals surface area (Å²) in [5, 5.41) is 2.88. The fraction of sp³-hybridized carbons (Fsp3) is 0.529. The number of benzene rings is 1. The van der Waals surface area contributed by atoms with Crippen molar-refractivity contribution in [1.82, 2.24) is 0 Å². The second kappa shape index (κ2) is 5.51. The topological polar surface area (TPSA) is 55.4 Å². The molecular formula is C17H21NO3. The van der Waals surface area contributed by atoms with Crippen LogP contribution in [0.1, 0.15) is 37.0 Å². The van der Waals surface area contributed by atoms with Crippen molar-refractivity contribution < 1.29 is 14.3 Å². The first-order valence-corrected chi connectivity index (χ1v) is 7.62. The van der Waals surface area contributed by atoms with Gasteiger partial charge in [0.05, 0.1) is 12.2 Å². The molecule has 2 fully saturated rings. The lowest BCUT2D eigenvalue weighted by molar-refractivity contribution is -0.117. The van der Waals surface area contributed by atoms with Crippen LogP contribution >= 0.6 is 0 Å². The molecule has 1 aromatic rings. The number of amides is 1. The Morgan fingerprint density at radius 3 is 2.29 bits per heavy atom. The van der Waals surface area contributed by atoms with E-state index in [9.17, 15) is 9.59 Å². The fourth-order valence-electron chi connectivity index (χ4n) is 2.51. The van der Waals surface area contributed by atoms with Crippen molar-refractivity contribution >= 4 is 17.6 Å². The molecule has 1 aromatic carbocycles. The van der Waals surface area contributed by atoms with E-state index in [0.717, 1.165) is 18.5 Å². The molecule has 4 atom stereocenters. The number of anilines is 1. The van der Waals surface area contributed by atoms with Crippen LogP contribution in [-0.4, -0.2) is 18.5 Å². The number of ether oxygens (including phenoxy) is 1. The second-order valence-electron chi connectivity index (χ2n) is 6.46. The summed E-state index contributed by atoms with van der Waals surface area (Å²) >= 11 is 0. The van der Waals surface area contributed by atoms with Gasteiger partial charge in [0.25, 0.3) is 0 Å². The summed E-state index contributed by atoms with van der Waals surface area (Å²) in [5.74, 6) is 1.64. The van der Waals surface area contributed by atoms with E-state index in [2.05, 4.69) is 19.2 Å². The molecule has 2 aliphatic rings. The molecule has 4 unspecified atom stereocenters. The van der Waals surface area contributed by atoms with Crippen LogP contribution in [-0.2, 0) is 9.53 Å². The van der Waals surface area contributed by atoms with Crippen LogP contribution in [0.3, 0.4) is 0 Å². The first-order valence-electron chi connectivity index (χ1n) is 7.62. The summed E-state index contributed by atoms with van der Waals surface area (Å²) in [6.45, 7) is 4.75. The molecule has 2 aliphatic carbocycles. The smallest absolute Gasteiger partial charge is 0.338 e. The average Bonchev–Trinajstić information content (AvgIpc) is 3.36. The minimum atomic E-state index is -0.289. The quantitative estimate of drug-likeness (QED) is 0.847. The number of carbonyl (C=O) groups is 2. The van der Waals surface area contributed by atoms with Crippen LogP contribution in [0.5, 0.6) is 0 Å². The van der Waals surface area contributed by atoms with Crippen molar-refractivity contribution in [2.24, 2.45) is 23.7 Å². The molecule has 3 rings (SSSR count). The molecule has 0 aromatic heterocycles. The summed E-state index contributed by atoms with van der Waals surface area (Å²) in [6.07, 6.45) is 2.12. The zero-order chi connectivity index (χ0) is 15.0. The van der Waals surface area contributed by atoms with Gasteiger partial charge in [0.1, 0.15) is 0 Å². The Morgan fingerprint density at radius 1 is 1.14 bits per heavy atom. The van der Waals surface area contributed by atoms with E-state index in [1.807, 2.05) is 0 Å². The zero-order valence-corrected chi connectivity index (χ0v) is 12.5. The van der Waals surface area contributed by atoms with E-state index in [4.69, 9.17) is 4.74 Å². The van der Waals surface area contributed by atoms with E-state index in [1.54, 1.807) is 24.3 Å². The van der Waals surface area contributed by atoms with Crippen LogP contribution in [0.2, 0.25) is 0 Å². The Bertz CT molecular complexity index is 552. The van der Waals surface area contributed by atoms with Crippen molar-refractivity contribution in [3.05, 3.63) is 29.8 Å². The highest BCUT2D eigenvalue weighted by molar-refractivity contribution is 5.95. The van der Waals surface area contributed by atoms with Gasteiger partial charge in [-0.05, 0) is 54.9 Å².